The molecule has 66 valence electrons. The van der Waals surface area contributed by atoms with Crippen molar-refractivity contribution in [1.29, 1.82) is 5.26 Å². The number of benzene rings is 1. The minimum atomic E-state index is -0.648. The molecule has 0 spiro atoms. The first-order valence-corrected chi connectivity index (χ1v) is 3.92. The number of nitro groups is 1. The lowest BCUT2D eigenvalue weighted by molar-refractivity contribution is -0.385. The van der Waals surface area contributed by atoms with Gasteiger partial charge in [-0.05, 0) is 22.0 Å². The zero-order valence-electron chi connectivity index (χ0n) is 6.19. The topological polar surface area (TPSA) is 87.2 Å². The molecule has 1 N–H and O–H groups in total. The van der Waals surface area contributed by atoms with E-state index in [0.29, 0.717) is 0 Å². The van der Waals surface area contributed by atoms with E-state index in [4.69, 9.17) is 10.4 Å². The highest BCUT2D eigenvalue weighted by molar-refractivity contribution is 9.10. The summed E-state index contributed by atoms with van der Waals surface area (Å²) in [5, 5.41) is 27.9. The van der Waals surface area contributed by atoms with Gasteiger partial charge in [-0.2, -0.15) is 5.26 Å². The van der Waals surface area contributed by atoms with E-state index in [2.05, 4.69) is 15.9 Å². The molecule has 0 amide bonds. The number of halogens is 1. The number of hydrogen-bond donors (Lipinski definition) is 1. The fourth-order valence-corrected chi connectivity index (χ4v) is 1.27. The third-order valence-electron chi connectivity index (χ3n) is 1.38. The van der Waals surface area contributed by atoms with Crippen molar-refractivity contribution in [3.05, 3.63) is 32.3 Å². The van der Waals surface area contributed by atoms with Gasteiger partial charge in [0.25, 0.3) is 5.69 Å². The van der Waals surface area contributed by atoms with Gasteiger partial charge in [-0.15, -0.1) is 0 Å². The van der Waals surface area contributed by atoms with Crippen molar-refractivity contribution in [1.82, 2.24) is 0 Å². The zero-order chi connectivity index (χ0) is 10.0. The first-order chi connectivity index (χ1) is 6.06. The van der Waals surface area contributed by atoms with Gasteiger partial charge in [0.2, 0.25) is 0 Å². The minimum absolute atomic E-state index is 0.00234. The fourth-order valence-electron chi connectivity index (χ4n) is 0.780. The molecule has 13 heavy (non-hydrogen) atoms. The monoisotopic (exact) mass is 242 g/mol. The third-order valence-corrected chi connectivity index (χ3v) is 2.02. The maximum absolute atomic E-state index is 10.4. The standard InChI is InChI=1S/C7H3BrN2O3/c8-5-1-4(3-9)7(11)2-6(5)10(12)13/h1-2,11H. The van der Waals surface area contributed by atoms with Crippen LogP contribution in [0.5, 0.6) is 5.75 Å². The Morgan fingerprint density at radius 2 is 2.23 bits per heavy atom. The molecule has 0 saturated heterocycles. The van der Waals surface area contributed by atoms with Crippen molar-refractivity contribution in [3.8, 4) is 11.8 Å². The first-order valence-electron chi connectivity index (χ1n) is 3.13. The molecule has 1 rings (SSSR count). The van der Waals surface area contributed by atoms with Crippen LogP contribution in [-0.4, -0.2) is 10.0 Å². The second-order valence-corrected chi connectivity index (χ2v) is 3.04. The van der Waals surface area contributed by atoms with Crippen molar-refractivity contribution >= 4 is 21.6 Å². The summed E-state index contributed by atoms with van der Waals surface area (Å²) in [5.74, 6) is -0.391. The molecule has 0 heterocycles. The molecular weight excluding hydrogens is 240 g/mol. The quantitative estimate of drug-likeness (QED) is 0.602. The summed E-state index contributed by atoms with van der Waals surface area (Å²) < 4.78 is 0.173. The lowest BCUT2D eigenvalue weighted by atomic mass is 10.2. The van der Waals surface area contributed by atoms with E-state index in [0.717, 1.165) is 6.07 Å². The van der Waals surface area contributed by atoms with E-state index in [1.807, 2.05) is 0 Å². The number of aromatic hydroxyl groups is 1. The van der Waals surface area contributed by atoms with Crippen LogP contribution in [0.4, 0.5) is 5.69 Å². The van der Waals surface area contributed by atoms with E-state index in [1.165, 1.54) is 6.07 Å². The summed E-state index contributed by atoms with van der Waals surface area (Å²) in [5.41, 5.74) is -0.269. The van der Waals surface area contributed by atoms with E-state index >= 15 is 0 Å². The number of hydrogen-bond acceptors (Lipinski definition) is 4. The van der Waals surface area contributed by atoms with Crippen molar-refractivity contribution in [3.63, 3.8) is 0 Å². The number of nitriles is 1. The van der Waals surface area contributed by atoms with Gasteiger partial charge in [0, 0.05) is 0 Å². The molecule has 5 nitrogen and oxygen atoms in total. The largest absolute Gasteiger partial charge is 0.506 e. The molecule has 0 unspecified atom stereocenters. The summed E-state index contributed by atoms with van der Waals surface area (Å²) in [6, 6.07) is 3.83. The SMILES string of the molecule is N#Cc1cc(Br)c([N+](=O)[O-])cc1O. The highest BCUT2D eigenvalue weighted by Crippen LogP contribution is 2.31. The number of nitrogens with zero attached hydrogens (tertiary/aromatic N) is 2. The van der Waals surface area contributed by atoms with Crippen LogP contribution in [0.3, 0.4) is 0 Å². The van der Waals surface area contributed by atoms with Crippen LogP contribution in [0, 0.1) is 21.4 Å². The molecule has 0 bridgehead atoms. The fraction of sp³-hybridized carbons (Fsp3) is 0. The van der Waals surface area contributed by atoms with Crippen LogP contribution in [0.2, 0.25) is 0 Å². The second-order valence-electron chi connectivity index (χ2n) is 2.19. The van der Waals surface area contributed by atoms with Crippen LogP contribution in [-0.2, 0) is 0 Å². The van der Waals surface area contributed by atoms with Crippen LogP contribution < -0.4 is 0 Å². The van der Waals surface area contributed by atoms with Crippen LogP contribution >= 0.6 is 15.9 Å². The minimum Gasteiger partial charge on any atom is -0.506 e. The average Bonchev–Trinajstić information content (AvgIpc) is 2.07. The average molecular weight is 243 g/mol. The Kier molecular flexibility index (Phi) is 2.49. The zero-order valence-corrected chi connectivity index (χ0v) is 7.78. The van der Waals surface area contributed by atoms with Crippen LogP contribution in [0.25, 0.3) is 0 Å². The Morgan fingerprint density at radius 1 is 1.62 bits per heavy atom. The van der Waals surface area contributed by atoms with Gasteiger partial charge >= 0.3 is 0 Å². The van der Waals surface area contributed by atoms with Gasteiger partial charge < -0.3 is 5.11 Å². The number of rotatable bonds is 1. The Labute approximate surface area is 81.5 Å². The molecule has 0 saturated carbocycles. The summed E-state index contributed by atoms with van der Waals surface area (Å²) in [6.45, 7) is 0. The smallest absolute Gasteiger partial charge is 0.287 e. The van der Waals surface area contributed by atoms with Gasteiger partial charge in [0.1, 0.15) is 11.8 Å². The molecule has 1 aromatic carbocycles. The predicted molar refractivity (Wildman–Crippen MR) is 47.2 cm³/mol. The maximum Gasteiger partial charge on any atom is 0.287 e. The Morgan fingerprint density at radius 3 is 2.69 bits per heavy atom. The van der Waals surface area contributed by atoms with E-state index < -0.39 is 10.7 Å². The molecule has 0 aliphatic carbocycles. The molecular formula is C7H3BrN2O3. The van der Waals surface area contributed by atoms with Gasteiger partial charge in [0.15, 0.2) is 0 Å². The van der Waals surface area contributed by atoms with Crippen molar-refractivity contribution in [2.75, 3.05) is 0 Å². The normalized spacial score (nSPS) is 9.23. The number of nitro benzene ring substituents is 1. The third kappa shape index (κ3) is 1.76. The molecule has 0 fully saturated rings. The first kappa shape index (κ1) is 9.48. The molecule has 0 aliphatic heterocycles. The molecule has 0 aliphatic rings. The van der Waals surface area contributed by atoms with Crippen molar-refractivity contribution < 1.29 is 10.0 Å². The highest BCUT2D eigenvalue weighted by Gasteiger charge is 2.15. The lowest BCUT2D eigenvalue weighted by Gasteiger charge is -1.98. The molecule has 6 heteroatoms. The lowest BCUT2D eigenvalue weighted by Crippen LogP contribution is -1.90. The Balaban J connectivity index is 3.39. The Bertz CT molecular complexity index is 411. The van der Waals surface area contributed by atoms with E-state index in [9.17, 15) is 10.1 Å². The summed E-state index contributed by atoms with van der Waals surface area (Å²) in [4.78, 5) is 9.71. The summed E-state index contributed by atoms with van der Waals surface area (Å²) >= 11 is 2.92. The summed E-state index contributed by atoms with van der Waals surface area (Å²) in [6.07, 6.45) is 0. The Hall–Kier alpha value is -1.61. The highest BCUT2D eigenvalue weighted by atomic mass is 79.9. The van der Waals surface area contributed by atoms with Gasteiger partial charge in [-0.25, -0.2) is 0 Å². The van der Waals surface area contributed by atoms with Gasteiger partial charge in [-0.3, -0.25) is 10.1 Å². The number of phenolic OH excluding ortho intramolecular Hbond substituents is 1. The van der Waals surface area contributed by atoms with Gasteiger partial charge in [-0.1, -0.05) is 0 Å². The van der Waals surface area contributed by atoms with Gasteiger partial charge in [0.05, 0.1) is 21.0 Å². The molecule has 0 aromatic heterocycles. The van der Waals surface area contributed by atoms with Crippen molar-refractivity contribution in [2.45, 2.75) is 0 Å². The van der Waals surface area contributed by atoms with Crippen LogP contribution in [0.1, 0.15) is 5.56 Å². The predicted octanol–water partition coefficient (Wildman–Crippen LogP) is 1.93. The van der Waals surface area contributed by atoms with Crippen molar-refractivity contribution in [2.24, 2.45) is 0 Å². The van der Waals surface area contributed by atoms with E-state index in [-0.39, 0.29) is 15.7 Å². The molecule has 0 radical (unpaired) electrons. The van der Waals surface area contributed by atoms with Crippen LogP contribution in [0.15, 0.2) is 16.6 Å². The van der Waals surface area contributed by atoms with E-state index in [1.54, 1.807) is 6.07 Å². The summed E-state index contributed by atoms with van der Waals surface area (Å²) in [7, 11) is 0. The number of phenols is 1. The molecule has 1 aromatic rings. The molecule has 0 atom stereocenters. The maximum atomic E-state index is 10.4. The second kappa shape index (κ2) is 3.41.